The van der Waals surface area contributed by atoms with E-state index in [9.17, 15) is 9.59 Å². The molecule has 0 aliphatic carbocycles. The van der Waals surface area contributed by atoms with Crippen molar-refractivity contribution < 1.29 is 28.3 Å². The number of carbonyl (C=O) groups is 2. The molecule has 0 bridgehead atoms. The van der Waals surface area contributed by atoms with Crippen molar-refractivity contribution in [1.82, 2.24) is 0 Å². The lowest BCUT2D eigenvalue weighted by molar-refractivity contribution is -0.948. The van der Waals surface area contributed by atoms with Crippen molar-refractivity contribution in [3.8, 4) is 0 Å². The monoisotopic (exact) mass is 558 g/mol. The lowest BCUT2D eigenvalue weighted by Crippen LogP contribution is -2.55. The number of halogens is 1. The predicted molar refractivity (Wildman–Crippen MR) is 154 cm³/mol. The van der Waals surface area contributed by atoms with Gasteiger partial charge in [-0.15, -0.1) is 0 Å². The van der Waals surface area contributed by atoms with Crippen LogP contribution in [-0.2, 0) is 23.8 Å². The van der Waals surface area contributed by atoms with Gasteiger partial charge in [0.15, 0.2) is 0 Å². The third-order valence-corrected chi connectivity index (χ3v) is 7.54. The van der Waals surface area contributed by atoms with Gasteiger partial charge in [0.1, 0.15) is 18.2 Å². The summed E-state index contributed by atoms with van der Waals surface area (Å²) in [6.45, 7) is 12.7. The second-order valence-corrected chi connectivity index (χ2v) is 12.8. The molecule has 39 heavy (non-hydrogen) atoms. The van der Waals surface area contributed by atoms with Gasteiger partial charge in [0.05, 0.1) is 25.1 Å². The van der Waals surface area contributed by atoms with Gasteiger partial charge >= 0.3 is 11.9 Å². The molecule has 1 fully saturated rings. The molecule has 0 saturated carbocycles. The third-order valence-electron chi connectivity index (χ3n) is 7.29. The number of quaternary nitrogens is 1. The van der Waals surface area contributed by atoms with Gasteiger partial charge in [0.2, 0.25) is 6.73 Å². The highest BCUT2D eigenvalue weighted by molar-refractivity contribution is 6.30. The van der Waals surface area contributed by atoms with Crippen LogP contribution < -0.4 is 0 Å². The predicted octanol–water partition coefficient (Wildman–Crippen LogP) is 7.10. The van der Waals surface area contributed by atoms with Gasteiger partial charge in [-0.05, 0) is 83.6 Å². The quantitative estimate of drug-likeness (QED) is 0.205. The highest BCUT2D eigenvalue weighted by Gasteiger charge is 2.36. The summed E-state index contributed by atoms with van der Waals surface area (Å²) in [5, 5.41) is 0.694. The van der Waals surface area contributed by atoms with Crippen molar-refractivity contribution in [2.45, 2.75) is 78.4 Å². The van der Waals surface area contributed by atoms with E-state index in [0.717, 1.165) is 43.6 Å². The molecule has 0 radical (unpaired) electrons. The molecule has 0 amide bonds. The van der Waals surface area contributed by atoms with Crippen LogP contribution in [0.5, 0.6) is 0 Å². The summed E-state index contributed by atoms with van der Waals surface area (Å²) in [6, 6.07) is 18.0. The van der Waals surface area contributed by atoms with Gasteiger partial charge < -0.3 is 14.2 Å². The van der Waals surface area contributed by atoms with Gasteiger partial charge in [-0.25, -0.2) is 0 Å². The van der Waals surface area contributed by atoms with E-state index in [0.29, 0.717) is 29.3 Å². The van der Waals surface area contributed by atoms with Crippen LogP contribution in [0.1, 0.15) is 84.0 Å². The maximum absolute atomic E-state index is 13.1. The minimum atomic E-state index is -0.778. The molecule has 2 aromatic rings. The van der Waals surface area contributed by atoms with Crippen molar-refractivity contribution in [3.63, 3.8) is 0 Å². The highest BCUT2D eigenvalue weighted by Crippen LogP contribution is 2.29. The number of esters is 2. The molecular weight excluding hydrogens is 514 g/mol. The summed E-state index contributed by atoms with van der Waals surface area (Å²) in [5.41, 5.74) is 0.819. The number of piperidine rings is 1. The topological polar surface area (TPSA) is 61.8 Å². The van der Waals surface area contributed by atoms with Crippen molar-refractivity contribution in [1.29, 1.82) is 0 Å². The number of likely N-dealkylation sites (tertiary alicyclic amines) is 1. The molecule has 0 spiro atoms. The lowest BCUT2D eigenvalue weighted by Gasteiger charge is -2.41. The Kier molecular flexibility index (Phi) is 11.0. The number of rotatable bonds is 12. The van der Waals surface area contributed by atoms with Crippen LogP contribution in [0.2, 0.25) is 5.02 Å². The molecule has 6 nitrogen and oxygen atoms in total. The number of nitrogens with zero attached hydrogens (tertiary/aromatic N) is 1. The minimum absolute atomic E-state index is 0.179. The first kappa shape index (κ1) is 31.1. The Labute approximate surface area is 239 Å². The zero-order valence-corrected chi connectivity index (χ0v) is 25.0. The first-order valence-corrected chi connectivity index (χ1v) is 14.4. The maximum Gasteiger partial charge on any atom is 0.315 e. The van der Waals surface area contributed by atoms with Crippen LogP contribution in [-0.4, -0.2) is 55.0 Å². The fraction of sp³-hybridized carbons (Fsp3) is 0.562. The van der Waals surface area contributed by atoms with Crippen LogP contribution in [0, 0.1) is 5.41 Å². The molecule has 2 aromatic carbocycles. The summed E-state index contributed by atoms with van der Waals surface area (Å²) in [4.78, 5) is 25.3. The van der Waals surface area contributed by atoms with Crippen LogP contribution in [0.25, 0.3) is 0 Å². The first-order chi connectivity index (χ1) is 18.4. The molecule has 7 heteroatoms. The van der Waals surface area contributed by atoms with E-state index in [1.165, 1.54) is 6.42 Å². The SMILES string of the molecule is CC(C)(C)OC(=O)CCC(C)(C)C(=O)OC[N+]1(CCOC(c2ccccc2)c2ccc(Cl)cc2)CCCCC1. The summed E-state index contributed by atoms with van der Waals surface area (Å²) < 4.78 is 18.5. The average molecular weight is 559 g/mol. The Hall–Kier alpha value is -2.41. The summed E-state index contributed by atoms with van der Waals surface area (Å²) in [7, 11) is 0. The summed E-state index contributed by atoms with van der Waals surface area (Å²) >= 11 is 6.13. The average Bonchev–Trinajstić information content (AvgIpc) is 2.89. The standard InChI is InChI=1S/C32H45ClNO5/c1-31(2,3)39-28(35)18-19-32(4,5)30(36)38-24-34(20-10-7-11-21-34)22-23-37-29(25-12-8-6-9-13-25)26-14-16-27(33)17-15-26/h6,8-9,12-17,29H,7,10-11,18-24H2,1-5H3/q+1. The Morgan fingerprint density at radius 1 is 0.897 bits per heavy atom. The van der Waals surface area contributed by atoms with Crippen molar-refractivity contribution in [3.05, 3.63) is 70.7 Å². The van der Waals surface area contributed by atoms with Gasteiger partial charge in [0.25, 0.3) is 0 Å². The Balaban J connectivity index is 1.61. The van der Waals surface area contributed by atoms with E-state index in [-0.39, 0.29) is 24.5 Å². The molecular formula is C32H45ClNO5+. The van der Waals surface area contributed by atoms with Gasteiger partial charge in [-0.2, -0.15) is 0 Å². The molecule has 1 aliphatic rings. The Morgan fingerprint density at radius 2 is 1.51 bits per heavy atom. The fourth-order valence-corrected chi connectivity index (χ4v) is 5.04. The molecule has 1 unspecified atom stereocenters. The van der Waals surface area contributed by atoms with E-state index >= 15 is 0 Å². The molecule has 1 heterocycles. The molecule has 0 N–H and O–H groups in total. The number of hydrogen-bond donors (Lipinski definition) is 0. The Morgan fingerprint density at radius 3 is 2.13 bits per heavy atom. The van der Waals surface area contributed by atoms with Gasteiger partial charge in [0, 0.05) is 11.4 Å². The first-order valence-electron chi connectivity index (χ1n) is 14.1. The van der Waals surface area contributed by atoms with E-state index in [2.05, 4.69) is 12.1 Å². The summed E-state index contributed by atoms with van der Waals surface area (Å²) in [6.07, 6.45) is 3.73. The second-order valence-electron chi connectivity index (χ2n) is 12.3. The van der Waals surface area contributed by atoms with Crippen LogP contribution in [0.4, 0.5) is 0 Å². The van der Waals surface area contributed by atoms with Crippen molar-refractivity contribution in [2.75, 3.05) is 33.0 Å². The number of benzene rings is 2. The zero-order valence-electron chi connectivity index (χ0n) is 24.2. The van der Waals surface area contributed by atoms with E-state index in [1.54, 1.807) is 0 Å². The largest absolute Gasteiger partial charge is 0.460 e. The van der Waals surface area contributed by atoms with Crippen LogP contribution >= 0.6 is 11.6 Å². The smallest absolute Gasteiger partial charge is 0.315 e. The highest BCUT2D eigenvalue weighted by atomic mass is 35.5. The molecule has 1 saturated heterocycles. The number of ether oxygens (including phenoxy) is 3. The van der Waals surface area contributed by atoms with Gasteiger partial charge in [-0.1, -0.05) is 54.1 Å². The zero-order chi connectivity index (χ0) is 28.5. The van der Waals surface area contributed by atoms with Crippen molar-refractivity contribution >= 4 is 23.5 Å². The molecule has 3 rings (SSSR count). The Bertz CT molecular complexity index is 1060. The maximum atomic E-state index is 13.1. The van der Waals surface area contributed by atoms with Gasteiger partial charge in [-0.3, -0.25) is 14.1 Å². The summed E-state index contributed by atoms with van der Waals surface area (Å²) in [5.74, 6) is -0.577. The number of carbonyl (C=O) groups excluding carboxylic acids is 2. The molecule has 214 valence electrons. The minimum Gasteiger partial charge on any atom is -0.460 e. The van der Waals surface area contributed by atoms with E-state index in [1.807, 2.05) is 77.1 Å². The molecule has 0 aromatic heterocycles. The fourth-order valence-electron chi connectivity index (χ4n) is 4.91. The van der Waals surface area contributed by atoms with E-state index < -0.39 is 11.0 Å². The number of hydrogen-bond acceptors (Lipinski definition) is 5. The normalized spacial score (nSPS) is 16.4. The lowest BCUT2D eigenvalue weighted by atomic mass is 9.88. The van der Waals surface area contributed by atoms with E-state index in [4.69, 9.17) is 25.8 Å². The van der Waals surface area contributed by atoms with Crippen LogP contribution in [0.3, 0.4) is 0 Å². The van der Waals surface area contributed by atoms with Crippen molar-refractivity contribution in [2.24, 2.45) is 5.41 Å². The third kappa shape index (κ3) is 9.93. The molecule has 1 aliphatic heterocycles. The van der Waals surface area contributed by atoms with Crippen LogP contribution in [0.15, 0.2) is 54.6 Å². The molecule has 1 atom stereocenters. The second kappa shape index (κ2) is 13.8.